The Balaban J connectivity index is 3.00. The number of aromatic nitrogens is 1. The maximum Gasteiger partial charge on any atom is 0.348 e. The zero-order valence-electron chi connectivity index (χ0n) is 6.58. The van der Waals surface area contributed by atoms with Gasteiger partial charge in [0.1, 0.15) is 5.78 Å². The summed E-state index contributed by atoms with van der Waals surface area (Å²) in [5.74, 6) is -1.22. The van der Waals surface area contributed by atoms with Crippen LogP contribution in [0.1, 0.15) is 11.5 Å². The van der Waals surface area contributed by atoms with Crippen molar-refractivity contribution in [1.29, 1.82) is 0 Å². The topological polar surface area (TPSA) is 88.5 Å². The van der Waals surface area contributed by atoms with Crippen molar-refractivity contribution in [3.8, 4) is 0 Å². The normalized spacial score (nSPS) is 14.7. The molecule has 68 valence electrons. The van der Waals surface area contributed by atoms with Gasteiger partial charge in [0, 0.05) is 18.9 Å². The fraction of sp³-hybridized carbons (Fsp3) is 0.333. The second-order valence-electron chi connectivity index (χ2n) is 2.58. The van der Waals surface area contributed by atoms with Gasteiger partial charge in [-0.2, -0.15) is 0 Å². The lowest BCUT2D eigenvalue weighted by Gasteiger charge is -2.13. The molecule has 0 aliphatic heterocycles. The molecule has 0 spiro atoms. The first-order valence-electron chi connectivity index (χ1n) is 3.35. The minimum atomic E-state index is -4.22. The summed E-state index contributed by atoms with van der Waals surface area (Å²) in [5.41, 5.74) is 5.77. The van der Waals surface area contributed by atoms with E-state index in [0.717, 1.165) is 0 Å². The highest BCUT2D eigenvalue weighted by Gasteiger charge is 2.27. The lowest BCUT2D eigenvalue weighted by atomic mass is 10.4. The monoisotopic (exact) mass is 190 g/mol. The molecule has 0 aliphatic carbocycles. The quantitative estimate of drug-likeness (QED) is 0.579. The lowest BCUT2D eigenvalue weighted by Crippen LogP contribution is -2.13. The molecule has 0 radical (unpaired) electrons. The van der Waals surface area contributed by atoms with Gasteiger partial charge in [-0.1, -0.05) is 0 Å². The van der Waals surface area contributed by atoms with Crippen LogP contribution in [-0.4, -0.2) is 14.4 Å². The molecular weight excluding hydrogens is 179 g/mol. The largest absolute Gasteiger partial charge is 0.353 e. The zero-order chi connectivity index (χ0) is 9.35. The molecule has 5 nitrogen and oxygen atoms in total. The van der Waals surface area contributed by atoms with E-state index in [1.165, 1.54) is 0 Å². The number of rotatable bonds is 2. The van der Waals surface area contributed by atoms with E-state index in [0.29, 0.717) is 5.69 Å². The fourth-order valence-corrected chi connectivity index (χ4v) is 1.57. The van der Waals surface area contributed by atoms with Gasteiger partial charge in [-0.15, -0.1) is 0 Å². The van der Waals surface area contributed by atoms with Crippen LogP contribution in [0, 0.1) is 0 Å². The number of nitrogens with two attached hydrogens (primary N) is 1. The van der Waals surface area contributed by atoms with Crippen LogP contribution in [-0.2, 0) is 11.6 Å². The molecule has 1 aromatic heterocycles. The minimum absolute atomic E-state index is 0.434. The second-order valence-corrected chi connectivity index (χ2v) is 4.31. The van der Waals surface area contributed by atoms with E-state index in [9.17, 15) is 4.57 Å². The molecule has 0 aliphatic rings. The molecule has 6 heteroatoms. The molecule has 4 N–H and O–H groups in total. The maximum absolute atomic E-state index is 10.7. The van der Waals surface area contributed by atoms with E-state index >= 15 is 0 Å². The van der Waals surface area contributed by atoms with Crippen LogP contribution in [0.15, 0.2) is 18.3 Å². The molecule has 12 heavy (non-hydrogen) atoms. The van der Waals surface area contributed by atoms with E-state index in [-0.39, 0.29) is 0 Å². The summed E-state index contributed by atoms with van der Waals surface area (Å²) in [7, 11) is -2.53. The Morgan fingerprint density at radius 2 is 2.25 bits per heavy atom. The van der Waals surface area contributed by atoms with Gasteiger partial charge in [-0.05, 0) is 12.1 Å². The third-order valence-electron chi connectivity index (χ3n) is 1.65. The molecule has 1 heterocycles. The third kappa shape index (κ3) is 1.76. The van der Waals surface area contributed by atoms with Crippen molar-refractivity contribution in [3.05, 3.63) is 24.0 Å². The Morgan fingerprint density at radius 1 is 1.67 bits per heavy atom. The van der Waals surface area contributed by atoms with Gasteiger partial charge in [0.15, 0.2) is 0 Å². The molecule has 0 aromatic carbocycles. The van der Waals surface area contributed by atoms with Gasteiger partial charge >= 0.3 is 7.60 Å². The fourth-order valence-electron chi connectivity index (χ4n) is 0.954. The highest BCUT2D eigenvalue weighted by molar-refractivity contribution is 7.52. The third-order valence-corrected chi connectivity index (χ3v) is 2.64. The smallest absolute Gasteiger partial charge is 0.348 e. The number of hydrogen-bond donors (Lipinski definition) is 3. The van der Waals surface area contributed by atoms with Crippen molar-refractivity contribution in [2.75, 3.05) is 0 Å². The van der Waals surface area contributed by atoms with Crippen LogP contribution < -0.4 is 5.73 Å². The number of hydrogen-bond acceptors (Lipinski definition) is 2. The highest BCUT2D eigenvalue weighted by atomic mass is 31.2. The van der Waals surface area contributed by atoms with Crippen molar-refractivity contribution >= 4 is 7.60 Å². The summed E-state index contributed by atoms with van der Waals surface area (Å²) in [6.45, 7) is 0. The summed E-state index contributed by atoms with van der Waals surface area (Å²) in [4.78, 5) is 17.5. The summed E-state index contributed by atoms with van der Waals surface area (Å²) >= 11 is 0. The molecule has 0 saturated carbocycles. The SMILES string of the molecule is Cn1cccc1C(N)P(=O)(O)O. The number of nitrogens with zero attached hydrogens (tertiary/aromatic N) is 1. The zero-order valence-corrected chi connectivity index (χ0v) is 7.48. The van der Waals surface area contributed by atoms with E-state index in [1.807, 2.05) is 0 Å². The van der Waals surface area contributed by atoms with Crippen molar-refractivity contribution in [2.24, 2.45) is 12.8 Å². The lowest BCUT2D eigenvalue weighted by molar-refractivity contribution is 0.357. The molecule has 0 saturated heterocycles. The Kier molecular flexibility index (Phi) is 2.39. The molecular formula is C6H11N2O3P. The summed E-state index contributed by atoms with van der Waals surface area (Å²) in [6, 6.07) is 3.27. The van der Waals surface area contributed by atoms with Crippen LogP contribution >= 0.6 is 7.60 Å². The van der Waals surface area contributed by atoms with Crippen molar-refractivity contribution in [1.82, 2.24) is 4.57 Å². The van der Waals surface area contributed by atoms with E-state index in [4.69, 9.17) is 15.5 Å². The van der Waals surface area contributed by atoms with Crippen LogP contribution in [0.2, 0.25) is 0 Å². The van der Waals surface area contributed by atoms with Gasteiger partial charge in [0.25, 0.3) is 0 Å². The van der Waals surface area contributed by atoms with Crippen LogP contribution in [0.3, 0.4) is 0 Å². The highest BCUT2D eigenvalue weighted by Crippen LogP contribution is 2.47. The van der Waals surface area contributed by atoms with Crippen molar-refractivity contribution < 1.29 is 14.4 Å². The van der Waals surface area contributed by atoms with Crippen LogP contribution in [0.5, 0.6) is 0 Å². The van der Waals surface area contributed by atoms with E-state index in [2.05, 4.69) is 0 Å². The van der Waals surface area contributed by atoms with E-state index in [1.54, 1.807) is 29.9 Å². The van der Waals surface area contributed by atoms with Gasteiger partial charge in [0.05, 0.1) is 0 Å². The molecule has 1 atom stereocenters. The molecule has 0 fully saturated rings. The Morgan fingerprint density at radius 3 is 2.58 bits per heavy atom. The molecule has 0 bridgehead atoms. The first kappa shape index (κ1) is 9.48. The van der Waals surface area contributed by atoms with Crippen LogP contribution in [0.25, 0.3) is 0 Å². The maximum atomic E-state index is 10.7. The van der Waals surface area contributed by atoms with Gasteiger partial charge in [0.2, 0.25) is 0 Å². The molecule has 0 amide bonds. The Labute approximate surface area is 70.0 Å². The predicted molar refractivity (Wildman–Crippen MR) is 44.4 cm³/mol. The van der Waals surface area contributed by atoms with Gasteiger partial charge in [-0.3, -0.25) is 4.57 Å². The first-order chi connectivity index (χ1) is 5.43. The number of aryl methyl sites for hydroxylation is 1. The minimum Gasteiger partial charge on any atom is -0.353 e. The van der Waals surface area contributed by atoms with Gasteiger partial charge < -0.3 is 20.1 Å². The van der Waals surface area contributed by atoms with Crippen molar-refractivity contribution in [2.45, 2.75) is 5.78 Å². The molecule has 1 aromatic rings. The molecule has 1 rings (SSSR count). The average Bonchev–Trinajstić information content (AvgIpc) is 2.31. The summed E-state index contributed by atoms with van der Waals surface area (Å²) in [6.07, 6.45) is 1.69. The standard InChI is InChI=1S/C6H11N2O3P/c1-8-4-2-3-5(8)6(7)12(9,10)11/h2-4,6H,7H2,1H3,(H2,9,10,11). The summed E-state index contributed by atoms with van der Waals surface area (Å²) < 4.78 is 12.3. The second kappa shape index (κ2) is 3.03. The average molecular weight is 190 g/mol. The first-order valence-corrected chi connectivity index (χ1v) is 5.03. The Hall–Kier alpha value is -0.610. The Bertz CT molecular complexity index is 316. The van der Waals surface area contributed by atoms with E-state index < -0.39 is 13.4 Å². The van der Waals surface area contributed by atoms with Gasteiger partial charge in [-0.25, -0.2) is 0 Å². The van der Waals surface area contributed by atoms with Crippen molar-refractivity contribution in [3.63, 3.8) is 0 Å². The molecule has 1 unspecified atom stereocenters. The van der Waals surface area contributed by atoms with Crippen LogP contribution in [0.4, 0.5) is 0 Å². The predicted octanol–water partition coefficient (Wildman–Crippen LogP) is 0.160. The summed E-state index contributed by atoms with van der Waals surface area (Å²) in [5, 5.41) is 0.